The summed E-state index contributed by atoms with van der Waals surface area (Å²) in [5.41, 5.74) is 1.00. The van der Waals surface area contributed by atoms with E-state index in [1.807, 2.05) is 12.1 Å². The van der Waals surface area contributed by atoms with Crippen LogP contribution in [0, 0.1) is 0 Å². The van der Waals surface area contributed by atoms with Gasteiger partial charge in [0.2, 0.25) is 0 Å². The van der Waals surface area contributed by atoms with Crippen molar-refractivity contribution in [1.82, 2.24) is 15.0 Å². The molecule has 0 aliphatic carbocycles. The highest BCUT2D eigenvalue weighted by molar-refractivity contribution is 7.22. The predicted octanol–water partition coefficient (Wildman–Crippen LogP) is 3.27. The van der Waals surface area contributed by atoms with Gasteiger partial charge in [-0.2, -0.15) is 0 Å². The van der Waals surface area contributed by atoms with Gasteiger partial charge < -0.3 is 10.1 Å². The Bertz CT molecular complexity index is 804. The van der Waals surface area contributed by atoms with E-state index in [4.69, 9.17) is 11.6 Å². The van der Waals surface area contributed by atoms with Crippen LogP contribution in [0.1, 0.15) is 10.5 Å². The molecule has 3 aromatic rings. The number of methoxy groups -OCH3 is 1. The van der Waals surface area contributed by atoms with Crippen molar-refractivity contribution < 1.29 is 9.53 Å². The lowest BCUT2D eigenvalue weighted by molar-refractivity contribution is 0.0593. The molecule has 106 valence electrons. The van der Waals surface area contributed by atoms with Crippen molar-refractivity contribution in [3.05, 3.63) is 41.3 Å². The number of thiazole rings is 1. The number of benzene rings is 1. The molecule has 2 heterocycles. The number of hydrogen-bond acceptors (Lipinski definition) is 7. The smallest absolute Gasteiger partial charge is 0.358 e. The highest BCUT2D eigenvalue weighted by Gasteiger charge is 2.09. The molecule has 0 radical (unpaired) electrons. The largest absolute Gasteiger partial charge is 0.464 e. The summed E-state index contributed by atoms with van der Waals surface area (Å²) in [6, 6.07) is 5.50. The molecule has 0 atom stereocenters. The maximum atomic E-state index is 11.3. The van der Waals surface area contributed by atoms with Gasteiger partial charge in [0.05, 0.1) is 29.7 Å². The van der Waals surface area contributed by atoms with E-state index in [2.05, 4.69) is 25.0 Å². The third kappa shape index (κ3) is 2.93. The van der Waals surface area contributed by atoms with Crippen molar-refractivity contribution in [2.24, 2.45) is 0 Å². The minimum atomic E-state index is -0.524. The summed E-state index contributed by atoms with van der Waals surface area (Å²) < 4.78 is 5.54. The Morgan fingerprint density at radius 2 is 2.19 bits per heavy atom. The summed E-state index contributed by atoms with van der Waals surface area (Å²) in [4.78, 5) is 23.7. The standard InChI is InChI=1S/C13H9ClN4O2S/c1-20-12(19)9-5-16-11(6-15-9)18-13-17-8-3-2-7(14)4-10(8)21-13/h2-6H,1H3,(H,16,17,18). The molecule has 0 bridgehead atoms. The van der Waals surface area contributed by atoms with Crippen LogP contribution in [-0.4, -0.2) is 28.0 Å². The van der Waals surface area contributed by atoms with Crippen LogP contribution in [0.25, 0.3) is 10.2 Å². The third-order valence-electron chi connectivity index (χ3n) is 2.63. The number of halogens is 1. The minimum Gasteiger partial charge on any atom is -0.464 e. The normalized spacial score (nSPS) is 10.6. The van der Waals surface area contributed by atoms with Gasteiger partial charge in [-0.15, -0.1) is 0 Å². The van der Waals surface area contributed by atoms with Crippen molar-refractivity contribution in [2.45, 2.75) is 0 Å². The predicted molar refractivity (Wildman–Crippen MR) is 81.3 cm³/mol. The van der Waals surface area contributed by atoms with E-state index in [9.17, 15) is 4.79 Å². The fourth-order valence-corrected chi connectivity index (χ4v) is 2.81. The molecular weight excluding hydrogens is 312 g/mol. The molecular formula is C13H9ClN4O2S. The van der Waals surface area contributed by atoms with Crippen molar-refractivity contribution >= 4 is 50.1 Å². The van der Waals surface area contributed by atoms with E-state index in [1.165, 1.54) is 30.8 Å². The van der Waals surface area contributed by atoms with Crippen LogP contribution < -0.4 is 5.32 Å². The van der Waals surface area contributed by atoms with E-state index in [0.717, 1.165) is 10.2 Å². The average Bonchev–Trinajstić information content (AvgIpc) is 2.88. The topological polar surface area (TPSA) is 77.0 Å². The fraction of sp³-hybridized carbons (Fsp3) is 0.0769. The molecule has 0 amide bonds. The van der Waals surface area contributed by atoms with Gasteiger partial charge in [-0.3, -0.25) is 0 Å². The lowest BCUT2D eigenvalue weighted by Gasteiger charge is -2.01. The summed E-state index contributed by atoms with van der Waals surface area (Å²) in [5.74, 6) is -0.0310. The minimum absolute atomic E-state index is 0.152. The molecule has 0 saturated heterocycles. The van der Waals surface area contributed by atoms with Crippen LogP contribution in [0.4, 0.5) is 10.9 Å². The number of esters is 1. The fourth-order valence-electron chi connectivity index (χ4n) is 1.66. The number of carbonyl (C=O) groups is 1. The highest BCUT2D eigenvalue weighted by atomic mass is 35.5. The molecule has 0 aliphatic rings. The van der Waals surface area contributed by atoms with Crippen LogP contribution in [0.3, 0.4) is 0 Å². The van der Waals surface area contributed by atoms with E-state index in [1.54, 1.807) is 6.07 Å². The molecule has 3 rings (SSSR count). The zero-order valence-electron chi connectivity index (χ0n) is 10.8. The summed E-state index contributed by atoms with van der Waals surface area (Å²) >= 11 is 7.40. The van der Waals surface area contributed by atoms with Crippen LogP contribution in [0.5, 0.6) is 0 Å². The van der Waals surface area contributed by atoms with E-state index < -0.39 is 5.97 Å². The Kier molecular flexibility index (Phi) is 3.68. The number of nitrogens with zero attached hydrogens (tertiary/aromatic N) is 3. The second-order valence-electron chi connectivity index (χ2n) is 4.03. The van der Waals surface area contributed by atoms with Gasteiger partial charge in [-0.25, -0.2) is 19.7 Å². The van der Waals surface area contributed by atoms with E-state index in [0.29, 0.717) is 16.0 Å². The van der Waals surface area contributed by atoms with Crippen LogP contribution >= 0.6 is 22.9 Å². The second kappa shape index (κ2) is 5.63. The number of hydrogen-bond donors (Lipinski definition) is 1. The van der Waals surface area contributed by atoms with Gasteiger partial charge in [0.15, 0.2) is 16.6 Å². The summed E-state index contributed by atoms with van der Waals surface area (Å²) in [5, 5.41) is 4.38. The Balaban J connectivity index is 1.83. The van der Waals surface area contributed by atoms with Gasteiger partial charge in [0.25, 0.3) is 0 Å². The molecule has 1 aromatic carbocycles. The zero-order valence-corrected chi connectivity index (χ0v) is 12.4. The summed E-state index contributed by atoms with van der Waals surface area (Å²) in [6.45, 7) is 0. The first-order valence-electron chi connectivity index (χ1n) is 5.89. The number of carbonyl (C=O) groups excluding carboxylic acids is 1. The maximum absolute atomic E-state index is 11.3. The Labute approximate surface area is 128 Å². The van der Waals surface area contributed by atoms with Crippen molar-refractivity contribution in [3.8, 4) is 0 Å². The zero-order chi connectivity index (χ0) is 14.8. The Morgan fingerprint density at radius 3 is 2.90 bits per heavy atom. The number of fused-ring (bicyclic) bond motifs is 1. The maximum Gasteiger partial charge on any atom is 0.358 e. The molecule has 21 heavy (non-hydrogen) atoms. The Morgan fingerprint density at radius 1 is 1.33 bits per heavy atom. The van der Waals surface area contributed by atoms with Crippen LogP contribution in [0.15, 0.2) is 30.6 Å². The molecule has 8 heteroatoms. The molecule has 6 nitrogen and oxygen atoms in total. The van der Waals surface area contributed by atoms with Crippen molar-refractivity contribution in [1.29, 1.82) is 0 Å². The monoisotopic (exact) mass is 320 g/mol. The number of ether oxygens (including phenoxy) is 1. The number of nitrogens with one attached hydrogen (secondary N) is 1. The first-order valence-corrected chi connectivity index (χ1v) is 7.08. The number of aromatic nitrogens is 3. The molecule has 0 saturated carbocycles. The molecule has 0 fully saturated rings. The summed E-state index contributed by atoms with van der Waals surface area (Å²) in [7, 11) is 1.29. The van der Waals surface area contributed by atoms with Gasteiger partial charge >= 0.3 is 5.97 Å². The molecule has 2 aromatic heterocycles. The first-order chi connectivity index (χ1) is 10.2. The Hall–Kier alpha value is -2.25. The number of anilines is 2. The van der Waals surface area contributed by atoms with Crippen molar-refractivity contribution in [3.63, 3.8) is 0 Å². The van der Waals surface area contributed by atoms with Crippen molar-refractivity contribution in [2.75, 3.05) is 12.4 Å². The molecule has 1 N–H and O–H groups in total. The highest BCUT2D eigenvalue weighted by Crippen LogP contribution is 2.29. The second-order valence-corrected chi connectivity index (χ2v) is 5.50. The lowest BCUT2D eigenvalue weighted by atomic mass is 10.3. The molecule has 0 unspecified atom stereocenters. The number of rotatable bonds is 3. The molecule has 0 spiro atoms. The van der Waals surface area contributed by atoms with Crippen LogP contribution in [0.2, 0.25) is 5.02 Å². The van der Waals surface area contributed by atoms with Gasteiger partial charge in [-0.1, -0.05) is 22.9 Å². The lowest BCUT2D eigenvalue weighted by Crippen LogP contribution is -2.05. The average molecular weight is 321 g/mol. The van der Waals surface area contributed by atoms with Gasteiger partial charge in [-0.05, 0) is 18.2 Å². The third-order valence-corrected chi connectivity index (χ3v) is 3.80. The summed E-state index contributed by atoms with van der Waals surface area (Å²) in [6.07, 6.45) is 2.80. The van der Waals surface area contributed by atoms with E-state index in [-0.39, 0.29) is 5.69 Å². The first kappa shape index (κ1) is 13.7. The van der Waals surface area contributed by atoms with Gasteiger partial charge in [0, 0.05) is 5.02 Å². The molecule has 0 aliphatic heterocycles. The van der Waals surface area contributed by atoms with E-state index >= 15 is 0 Å². The van der Waals surface area contributed by atoms with Gasteiger partial charge in [0.1, 0.15) is 0 Å². The SMILES string of the molecule is COC(=O)c1cnc(Nc2nc3ccc(Cl)cc3s2)cn1. The van der Waals surface area contributed by atoms with Crippen LogP contribution in [-0.2, 0) is 4.74 Å². The quantitative estimate of drug-likeness (QED) is 0.746.